The molecule has 0 spiro atoms. The first kappa shape index (κ1) is 28.3. The van der Waals surface area contributed by atoms with Gasteiger partial charge in [0.1, 0.15) is 12.4 Å². The Labute approximate surface area is 249 Å². The number of hydrogen-bond donors (Lipinski definition) is 1. The van der Waals surface area contributed by atoms with Gasteiger partial charge in [-0.3, -0.25) is 39.1 Å². The highest BCUT2D eigenvalue weighted by Gasteiger charge is 2.76. The Morgan fingerprint density at radius 3 is 2.38 bits per heavy atom. The molecule has 218 valence electrons. The smallest absolute Gasteiger partial charge is 0.269 e. The SMILES string of the molecule is CN1C(=O)[C@]2(Cl)C[C@@H]3C(=CC[C@@H]4C(=O)N(c5ccc([N+](=O)[O-])cc5)C(=O)[C@@H]43)[C@H](c3ccccc3OCCO)[C@]2(Cl)C1=O. The van der Waals surface area contributed by atoms with Crippen molar-refractivity contribution in [3.05, 3.63) is 75.9 Å². The fourth-order valence-electron chi connectivity index (χ4n) is 7.07. The highest BCUT2D eigenvalue weighted by Crippen LogP contribution is 2.66. The summed E-state index contributed by atoms with van der Waals surface area (Å²) >= 11 is 14.4. The molecule has 2 aromatic carbocycles. The van der Waals surface area contributed by atoms with Gasteiger partial charge in [0.05, 0.1) is 29.1 Å². The molecule has 11 nitrogen and oxygen atoms in total. The van der Waals surface area contributed by atoms with Crippen molar-refractivity contribution in [3.63, 3.8) is 0 Å². The number of halogens is 2. The van der Waals surface area contributed by atoms with E-state index in [2.05, 4.69) is 0 Å². The van der Waals surface area contributed by atoms with E-state index in [1.165, 1.54) is 31.3 Å². The number of aliphatic hydroxyl groups is 1. The molecule has 6 rings (SSSR count). The number of nitro benzene ring substituents is 1. The lowest BCUT2D eigenvalue weighted by atomic mass is 9.56. The Hall–Kier alpha value is -3.80. The number of nitro groups is 1. The third kappa shape index (κ3) is 3.69. The predicted octanol–water partition coefficient (Wildman–Crippen LogP) is 3.16. The van der Waals surface area contributed by atoms with Crippen molar-refractivity contribution >= 4 is 58.2 Å². The molecule has 42 heavy (non-hydrogen) atoms. The summed E-state index contributed by atoms with van der Waals surface area (Å²) in [6, 6.07) is 11.9. The largest absolute Gasteiger partial charge is 0.491 e. The summed E-state index contributed by atoms with van der Waals surface area (Å²) in [5.74, 6) is -5.45. The zero-order chi connectivity index (χ0) is 30.1. The number of aliphatic hydroxyl groups excluding tert-OH is 1. The summed E-state index contributed by atoms with van der Waals surface area (Å²) in [6.07, 6.45) is 1.81. The van der Waals surface area contributed by atoms with Crippen molar-refractivity contribution in [3.8, 4) is 5.75 Å². The van der Waals surface area contributed by atoms with Crippen molar-refractivity contribution < 1.29 is 33.9 Å². The first-order valence-corrected chi connectivity index (χ1v) is 14.1. The molecule has 0 aromatic heterocycles. The lowest BCUT2D eigenvalue weighted by Crippen LogP contribution is -2.60. The second kappa shape index (κ2) is 9.89. The quantitative estimate of drug-likeness (QED) is 0.172. The first-order valence-electron chi connectivity index (χ1n) is 13.3. The molecule has 1 N–H and O–H groups in total. The zero-order valence-electron chi connectivity index (χ0n) is 22.2. The van der Waals surface area contributed by atoms with Crippen LogP contribution in [0.1, 0.15) is 24.3 Å². The number of carbonyl (C=O) groups excluding carboxylic acids is 4. The van der Waals surface area contributed by atoms with Crippen LogP contribution in [0.2, 0.25) is 0 Å². The van der Waals surface area contributed by atoms with Crippen LogP contribution in [-0.4, -0.2) is 68.6 Å². The molecule has 0 bridgehead atoms. The van der Waals surface area contributed by atoms with E-state index in [0.717, 1.165) is 9.80 Å². The summed E-state index contributed by atoms with van der Waals surface area (Å²) in [5, 5.41) is 20.5. The van der Waals surface area contributed by atoms with Gasteiger partial charge in [-0.05, 0) is 37.0 Å². The van der Waals surface area contributed by atoms with Crippen LogP contribution in [0.5, 0.6) is 5.75 Å². The number of ether oxygens (including phenoxy) is 1. The van der Waals surface area contributed by atoms with E-state index in [1.54, 1.807) is 30.3 Å². The van der Waals surface area contributed by atoms with E-state index in [0.29, 0.717) is 16.9 Å². The molecular weight excluding hydrogens is 589 g/mol. The fraction of sp³-hybridized carbons (Fsp3) is 0.379. The second-order valence-corrected chi connectivity index (χ2v) is 12.1. The molecule has 2 heterocycles. The highest BCUT2D eigenvalue weighted by atomic mass is 35.5. The van der Waals surface area contributed by atoms with Crippen LogP contribution in [0.4, 0.5) is 11.4 Å². The number of amides is 4. The normalized spacial score (nSPS) is 32.0. The maximum atomic E-state index is 14.0. The Bertz CT molecular complexity index is 1580. The van der Waals surface area contributed by atoms with Crippen LogP contribution in [-0.2, 0) is 19.2 Å². The number of para-hydroxylation sites is 1. The molecule has 2 aromatic rings. The van der Waals surface area contributed by atoms with Gasteiger partial charge in [-0.15, -0.1) is 23.2 Å². The molecule has 3 fully saturated rings. The number of nitrogens with zero attached hydrogens (tertiary/aromatic N) is 3. The van der Waals surface area contributed by atoms with Crippen LogP contribution in [0.15, 0.2) is 60.2 Å². The lowest BCUT2D eigenvalue weighted by molar-refractivity contribution is -0.384. The summed E-state index contributed by atoms with van der Waals surface area (Å²) in [6.45, 7) is -0.309. The molecule has 4 aliphatic rings. The Morgan fingerprint density at radius 2 is 1.71 bits per heavy atom. The maximum Gasteiger partial charge on any atom is 0.269 e. The molecular formula is C29H25Cl2N3O8. The molecule has 2 aliphatic carbocycles. The van der Waals surface area contributed by atoms with Gasteiger partial charge in [0.25, 0.3) is 17.5 Å². The van der Waals surface area contributed by atoms with Gasteiger partial charge in [0.15, 0.2) is 9.75 Å². The predicted molar refractivity (Wildman–Crippen MR) is 150 cm³/mol. The number of benzene rings is 2. The number of carbonyl (C=O) groups is 4. The van der Waals surface area contributed by atoms with Crippen molar-refractivity contribution in [2.75, 3.05) is 25.2 Å². The number of fused-ring (bicyclic) bond motifs is 4. The number of hydrogen-bond acceptors (Lipinski definition) is 8. The third-order valence-corrected chi connectivity index (χ3v) is 10.3. The first-order chi connectivity index (χ1) is 20.0. The molecule has 2 aliphatic heterocycles. The number of alkyl halides is 2. The van der Waals surface area contributed by atoms with Gasteiger partial charge >= 0.3 is 0 Å². The Kier molecular flexibility index (Phi) is 6.67. The topological polar surface area (TPSA) is 147 Å². The molecule has 1 saturated carbocycles. The van der Waals surface area contributed by atoms with Gasteiger partial charge in [0, 0.05) is 30.7 Å². The van der Waals surface area contributed by atoms with E-state index in [9.17, 15) is 34.4 Å². The van der Waals surface area contributed by atoms with Crippen LogP contribution in [0.25, 0.3) is 0 Å². The van der Waals surface area contributed by atoms with Crippen molar-refractivity contribution in [2.24, 2.45) is 17.8 Å². The van der Waals surface area contributed by atoms with Gasteiger partial charge in [-0.2, -0.15) is 0 Å². The Morgan fingerprint density at radius 1 is 1.02 bits per heavy atom. The van der Waals surface area contributed by atoms with E-state index in [4.69, 9.17) is 27.9 Å². The van der Waals surface area contributed by atoms with Gasteiger partial charge in [-0.1, -0.05) is 29.8 Å². The number of rotatable bonds is 6. The highest BCUT2D eigenvalue weighted by molar-refractivity contribution is 6.53. The molecule has 2 saturated heterocycles. The summed E-state index contributed by atoms with van der Waals surface area (Å²) in [5.41, 5.74) is 1.07. The summed E-state index contributed by atoms with van der Waals surface area (Å²) in [4.78, 5) is 63.5. The average molecular weight is 614 g/mol. The Balaban J connectivity index is 1.48. The van der Waals surface area contributed by atoms with E-state index in [1.807, 2.05) is 0 Å². The molecule has 0 radical (unpaired) electrons. The van der Waals surface area contributed by atoms with Gasteiger partial charge in [0.2, 0.25) is 11.8 Å². The van der Waals surface area contributed by atoms with Crippen LogP contribution in [0.3, 0.4) is 0 Å². The minimum absolute atomic E-state index is 0.0395. The number of allylic oxidation sites excluding steroid dienone is 2. The van der Waals surface area contributed by atoms with Crippen molar-refractivity contribution in [2.45, 2.75) is 28.5 Å². The van der Waals surface area contributed by atoms with E-state index in [-0.39, 0.29) is 37.4 Å². The number of anilines is 1. The maximum absolute atomic E-state index is 14.0. The minimum atomic E-state index is -1.96. The number of imide groups is 2. The van der Waals surface area contributed by atoms with Crippen LogP contribution >= 0.6 is 23.2 Å². The standard InChI is InChI=1S/C29H25Cl2N3O8/c1-32-26(38)28(30)14-20-17(23(29(28,31)27(32)39)18-4-2-3-5-21(18)42-13-12-35)10-11-19-22(20)25(37)33(24(19)36)15-6-8-16(9-7-15)34(40)41/h2-10,19-20,22-23,35H,11-14H2,1H3/t19-,20+,22-,23+,28+,29-/m0/s1. The van der Waals surface area contributed by atoms with Crippen LogP contribution < -0.4 is 9.64 Å². The molecule has 0 unspecified atom stereocenters. The molecule has 4 amide bonds. The zero-order valence-corrected chi connectivity index (χ0v) is 23.7. The van der Waals surface area contributed by atoms with Gasteiger partial charge < -0.3 is 9.84 Å². The third-order valence-electron chi connectivity index (χ3n) is 8.91. The van der Waals surface area contributed by atoms with Gasteiger partial charge in [-0.25, -0.2) is 0 Å². The molecule has 13 heteroatoms. The minimum Gasteiger partial charge on any atom is -0.491 e. The van der Waals surface area contributed by atoms with E-state index < -0.39 is 62.0 Å². The fourth-order valence-corrected chi connectivity index (χ4v) is 8.08. The van der Waals surface area contributed by atoms with E-state index >= 15 is 0 Å². The summed E-state index contributed by atoms with van der Waals surface area (Å²) in [7, 11) is 1.31. The number of likely N-dealkylation sites (tertiary alicyclic amines) is 1. The van der Waals surface area contributed by atoms with Crippen molar-refractivity contribution in [1.29, 1.82) is 0 Å². The molecule has 6 atom stereocenters. The second-order valence-electron chi connectivity index (χ2n) is 10.9. The van der Waals surface area contributed by atoms with Crippen LogP contribution in [0, 0.1) is 27.9 Å². The lowest BCUT2D eigenvalue weighted by Gasteiger charge is -2.51. The summed E-state index contributed by atoms with van der Waals surface area (Å²) < 4.78 is 5.79. The average Bonchev–Trinajstić information content (AvgIpc) is 3.31. The number of non-ortho nitro benzene ring substituents is 1. The monoisotopic (exact) mass is 613 g/mol. The van der Waals surface area contributed by atoms with Crippen molar-refractivity contribution in [1.82, 2.24) is 4.90 Å².